The summed E-state index contributed by atoms with van der Waals surface area (Å²) in [5.41, 5.74) is 0.904. The minimum atomic E-state index is -0.547. The van der Waals surface area contributed by atoms with E-state index in [9.17, 15) is 14.4 Å². The first-order valence-electron chi connectivity index (χ1n) is 10.4. The fourth-order valence-electron chi connectivity index (χ4n) is 3.73. The van der Waals surface area contributed by atoms with Gasteiger partial charge >= 0.3 is 5.97 Å². The number of hydrogen-bond donors (Lipinski definition) is 1. The standard InChI is InChI=1S/C22H29N5O4/c1-4-31-22(30)18-13-23-27(17-10-6-5-7-11-17)20(18)24-19(28)15-26-12-8-9-16(14-26)21(29)25(2)3/h5-7,10-11,13,16H,4,8-9,12,14-15H2,1-3H3,(H,24,28). The van der Waals surface area contributed by atoms with E-state index in [4.69, 9.17) is 4.74 Å². The monoisotopic (exact) mass is 427 g/mol. The van der Waals surface area contributed by atoms with Crippen LogP contribution in [0.2, 0.25) is 0 Å². The number of carbonyl (C=O) groups is 3. The Morgan fingerprint density at radius 2 is 1.97 bits per heavy atom. The molecule has 0 saturated carbocycles. The molecule has 31 heavy (non-hydrogen) atoms. The van der Waals surface area contributed by atoms with Gasteiger partial charge in [0, 0.05) is 20.6 Å². The Labute approximate surface area is 182 Å². The normalized spacial score (nSPS) is 16.5. The number of nitrogens with zero attached hydrogens (tertiary/aromatic N) is 4. The number of ether oxygens (including phenoxy) is 1. The van der Waals surface area contributed by atoms with E-state index in [1.165, 1.54) is 10.9 Å². The minimum absolute atomic E-state index is 0.0804. The van der Waals surface area contributed by atoms with Gasteiger partial charge in [-0.1, -0.05) is 18.2 Å². The Kier molecular flexibility index (Phi) is 7.41. The fraction of sp³-hybridized carbons (Fsp3) is 0.455. The number of nitrogens with one attached hydrogen (secondary N) is 1. The molecule has 2 amide bonds. The summed E-state index contributed by atoms with van der Waals surface area (Å²) in [5, 5.41) is 7.12. The molecule has 1 N–H and O–H groups in total. The number of benzene rings is 1. The van der Waals surface area contributed by atoms with Crippen molar-refractivity contribution in [2.24, 2.45) is 5.92 Å². The van der Waals surface area contributed by atoms with Crippen molar-refractivity contribution in [1.29, 1.82) is 0 Å². The van der Waals surface area contributed by atoms with Gasteiger partial charge in [-0.2, -0.15) is 5.10 Å². The molecule has 1 aliphatic heterocycles. The van der Waals surface area contributed by atoms with Gasteiger partial charge in [0.15, 0.2) is 5.82 Å². The van der Waals surface area contributed by atoms with Crippen LogP contribution in [0.25, 0.3) is 5.69 Å². The van der Waals surface area contributed by atoms with Crippen LogP contribution in [0.5, 0.6) is 0 Å². The third-order valence-corrected chi connectivity index (χ3v) is 5.19. The van der Waals surface area contributed by atoms with Crippen LogP contribution in [-0.2, 0) is 14.3 Å². The molecular weight excluding hydrogens is 398 g/mol. The van der Waals surface area contributed by atoms with Crippen LogP contribution < -0.4 is 5.32 Å². The van der Waals surface area contributed by atoms with Crippen LogP contribution >= 0.6 is 0 Å². The van der Waals surface area contributed by atoms with Gasteiger partial charge in [-0.25, -0.2) is 9.48 Å². The molecule has 0 bridgehead atoms. The summed E-state index contributed by atoms with van der Waals surface area (Å²) < 4.78 is 6.63. The molecule has 1 fully saturated rings. The van der Waals surface area contributed by atoms with Crippen molar-refractivity contribution in [2.45, 2.75) is 19.8 Å². The Morgan fingerprint density at radius 3 is 2.65 bits per heavy atom. The average Bonchev–Trinajstić information content (AvgIpc) is 3.17. The lowest BCUT2D eigenvalue weighted by Crippen LogP contribution is -2.45. The molecule has 2 aromatic rings. The summed E-state index contributed by atoms with van der Waals surface area (Å²) in [7, 11) is 3.49. The van der Waals surface area contributed by atoms with Gasteiger partial charge in [0.1, 0.15) is 5.56 Å². The molecule has 2 heterocycles. The van der Waals surface area contributed by atoms with Crippen molar-refractivity contribution in [2.75, 3.05) is 45.7 Å². The lowest BCUT2D eigenvalue weighted by molar-refractivity contribution is -0.135. The molecule has 9 heteroatoms. The molecule has 166 valence electrons. The molecule has 1 unspecified atom stereocenters. The zero-order valence-electron chi connectivity index (χ0n) is 18.2. The van der Waals surface area contributed by atoms with E-state index in [0.717, 1.165) is 19.4 Å². The first kappa shape index (κ1) is 22.5. The number of carbonyl (C=O) groups excluding carboxylic acids is 3. The average molecular weight is 428 g/mol. The largest absolute Gasteiger partial charge is 0.462 e. The van der Waals surface area contributed by atoms with Crippen LogP contribution in [0.1, 0.15) is 30.1 Å². The van der Waals surface area contributed by atoms with Crippen LogP contribution in [0.15, 0.2) is 36.5 Å². The van der Waals surface area contributed by atoms with Gasteiger partial charge < -0.3 is 15.0 Å². The Balaban J connectivity index is 1.76. The number of hydrogen-bond acceptors (Lipinski definition) is 6. The van der Waals surface area contributed by atoms with E-state index in [1.807, 2.05) is 35.2 Å². The molecule has 0 radical (unpaired) electrons. The predicted molar refractivity (Wildman–Crippen MR) is 116 cm³/mol. The second kappa shape index (κ2) is 10.2. The number of para-hydroxylation sites is 1. The van der Waals surface area contributed by atoms with Gasteiger partial charge in [-0.3, -0.25) is 14.5 Å². The van der Waals surface area contributed by atoms with Crippen LogP contribution in [0, 0.1) is 5.92 Å². The summed E-state index contributed by atoms with van der Waals surface area (Å²) in [5.74, 6) is -0.582. The SMILES string of the molecule is CCOC(=O)c1cnn(-c2ccccc2)c1NC(=O)CN1CCCC(C(=O)N(C)C)C1. The van der Waals surface area contributed by atoms with Crippen molar-refractivity contribution in [3.63, 3.8) is 0 Å². The highest BCUT2D eigenvalue weighted by Gasteiger charge is 2.28. The summed E-state index contributed by atoms with van der Waals surface area (Å²) in [6.07, 6.45) is 3.07. The van der Waals surface area contributed by atoms with Gasteiger partial charge in [0.05, 0.1) is 31.0 Å². The molecule has 0 spiro atoms. The van der Waals surface area contributed by atoms with Crippen molar-refractivity contribution in [1.82, 2.24) is 19.6 Å². The number of amides is 2. The summed E-state index contributed by atoms with van der Waals surface area (Å²) in [6, 6.07) is 9.24. The second-order valence-electron chi connectivity index (χ2n) is 7.73. The predicted octanol–water partition coefficient (Wildman–Crippen LogP) is 1.79. The van der Waals surface area contributed by atoms with Gasteiger partial charge in [-0.15, -0.1) is 0 Å². The fourth-order valence-corrected chi connectivity index (χ4v) is 3.73. The minimum Gasteiger partial charge on any atom is -0.462 e. The first-order chi connectivity index (χ1) is 14.9. The molecule has 0 aliphatic carbocycles. The molecule has 1 saturated heterocycles. The molecular formula is C22H29N5O4. The van der Waals surface area contributed by atoms with Gasteiger partial charge in [-0.05, 0) is 38.4 Å². The lowest BCUT2D eigenvalue weighted by atomic mass is 9.97. The summed E-state index contributed by atoms with van der Waals surface area (Å²) in [6.45, 7) is 3.34. The quantitative estimate of drug-likeness (QED) is 0.677. The highest BCUT2D eigenvalue weighted by atomic mass is 16.5. The van der Waals surface area contributed by atoms with Gasteiger partial charge in [0.2, 0.25) is 11.8 Å². The van der Waals surface area contributed by atoms with E-state index >= 15 is 0 Å². The van der Waals surface area contributed by atoms with Crippen LogP contribution in [-0.4, -0.2) is 77.7 Å². The number of likely N-dealkylation sites (tertiary alicyclic amines) is 1. The van der Waals surface area contributed by atoms with E-state index in [0.29, 0.717) is 12.2 Å². The molecule has 9 nitrogen and oxygen atoms in total. The molecule has 1 aromatic heterocycles. The van der Waals surface area contributed by atoms with Crippen molar-refractivity contribution >= 4 is 23.6 Å². The van der Waals surface area contributed by atoms with E-state index < -0.39 is 5.97 Å². The summed E-state index contributed by atoms with van der Waals surface area (Å²) in [4.78, 5) is 41.1. The van der Waals surface area contributed by atoms with Crippen molar-refractivity contribution < 1.29 is 19.1 Å². The molecule has 3 rings (SSSR count). The van der Waals surface area contributed by atoms with Crippen molar-refractivity contribution in [3.05, 3.63) is 42.1 Å². The lowest BCUT2D eigenvalue weighted by Gasteiger charge is -2.32. The smallest absolute Gasteiger partial charge is 0.343 e. The number of rotatable bonds is 7. The topological polar surface area (TPSA) is 96.8 Å². The third kappa shape index (κ3) is 5.49. The first-order valence-corrected chi connectivity index (χ1v) is 10.4. The van der Waals surface area contributed by atoms with Crippen molar-refractivity contribution in [3.8, 4) is 5.69 Å². The van der Waals surface area contributed by atoms with E-state index in [2.05, 4.69) is 10.4 Å². The van der Waals surface area contributed by atoms with Crippen LogP contribution in [0.4, 0.5) is 5.82 Å². The Hall–Kier alpha value is -3.20. The molecule has 1 aromatic carbocycles. The number of esters is 1. The Bertz CT molecular complexity index is 925. The van der Waals surface area contributed by atoms with E-state index in [-0.39, 0.29) is 42.3 Å². The maximum absolute atomic E-state index is 12.9. The maximum atomic E-state index is 12.9. The zero-order chi connectivity index (χ0) is 22.4. The molecule has 1 atom stereocenters. The maximum Gasteiger partial charge on any atom is 0.343 e. The third-order valence-electron chi connectivity index (χ3n) is 5.19. The summed E-state index contributed by atoms with van der Waals surface area (Å²) >= 11 is 0. The number of piperidine rings is 1. The second-order valence-corrected chi connectivity index (χ2v) is 7.73. The zero-order valence-corrected chi connectivity index (χ0v) is 18.2. The number of anilines is 1. The van der Waals surface area contributed by atoms with Crippen LogP contribution in [0.3, 0.4) is 0 Å². The highest BCUT2D eigenvalue weighted by molar-refractivity contribution is 6.01. The molecule has 1 aliphatic rings. The van der Waals surface area contributed by atoms with E-state index in [1.54, 1.807) is 25.9 Å². The highest BCUT2D eigenvalue weighted by Crippen LogP contribution is 2.22. The number of aromatic nitrogens is 2. The Morgan fingerprint density at radius 1 is 1.23 bits per heavy atom. The van der Waals surface area contributed by atoms with Gasteiger partial charge in [0.25, 0.3) is 0 Å².